The van der Waals surface area contributed by atoms with Crippen LogP contribution in [0, 0.1) is 30.1 Å². The van der Waals surface area contributed by atoms with Crippen LogP contribution in [0.4, 0.5) is 0 Å². The summed E-state index contributed by atoms with van der Waals surface area (Å²) in [5.41, 5.74) is 23.1. The summed E-state index contributed by atoms with van der Waals surface area (Å²) in [5, 5.41) is 18.7. The molecule has 5 rings (SSSR count). The van der Waals surface area contributed by atoms with Crippen LogP contribution in [-0.2, 0) is 24.3 Å². The quantitative estimate of drug-likeness (QED) is 0.0568. The predicted octanol–water partition coefficient (Wildman–Crippen LogP) is 6.80. The zero-order chi connectivity index (χ0) is 39.1. The Hall–Kier alpha value is -5.90. The summed E-state index contributed by atoms with van der Waals surface area (Å²) in [5.74, 6) is 0.164. The molecule has 2 aliphatic heterocycles. The van der Waals surface area contributed by atoms with Gasteiger partial charge in [-0.1, -0.05) is 83.0 Å². The van der Waals surface area contributed by atoms with Crippen LogP contribution in [0.3, 0.4) is 0 Å². The Morgan fingerprint density at radius 3 is 2.35 bits per heavy atom. The molecule has 1 aliphatic carbocycles. The number of rotatable bonds is 11. The lowest BCUT2D eigenvalue weighted by molar-refractivity contribution is -0.119. The number of benzene rings is 2. The van der Waals surface area contributed by atoms with E-state index in [1.54, 1.807) is 17.2 Å². The molecule has 3 aliphatic rings. The Bertz CT molecular complexity index is 1770. The van der Waals surface area contributed by atoms with Crippen LogP contribution >= 0.6 is 0 Å². The largest absolute Gasteiger partial charge is 0.400 e. The number of allylic oxidation sites excluding steroid dienone is 5. The molecule has 3 unspecified atom stereocenters. The molecular formula is C43H56N8O. The van der Waals surface area contributed by atoms with Gasteiger partial charge in [0.15, 0.2) is 6.29 Å². The Balaban J connectivity index is 0.00000148. The third-order valence-corrected chi connectivity index (χ3v) is 9.09. The van der Waals surface area contributed by atoms with Crippen molar-refractivity contribution in [1.82, 2.24) is 25.8 Å². The van der Waals surface area contributed by atoms with Crippen LogP contribution < -0.4 is 27.4 Å². The number of fused-ring (bicyclic) bond motifs is 1. The molecular weight excluding hydrogens is 645 g/mol. The molecule has 9 nitrogen and oxygen atoms in total. The molecule has 0 radical (unpaired) electrons. The van der Waals surface area contributed by atoms with Crippen molar-refractivity contribution in [3.05, 3.63) is 150 Å². The minimum absolute atomic E-state index is 0.310. The normalized spacial score (nSPS) is 17.6. The SMILES string of the molecule is C#C.C=C.C=C(/C=C(/C(=O)NC(C)c1ccc(C(=C)C#N)cc1)N1C(C)=CNC1N)C(=C)NCc1ccc2c(c1)CN(C1=C(N)C(C)C1)CC2.CC. The number of carbonyl (C=O) groups excluding carboxylic acids is 1. The standard InChI is InChI=1S/C37H44N8O.C2H6.C2H4.C2H2/c1-22(26(5)41-20-28-7-8-31-13-14-44(21-32(31)17-28)33-16-23(2)35(33)39)15-34(45-25(4)19-42-37(45)40)36(46)43-27(6)30-11-9-29(10-12-30)24(3)18-38;3*1-2/h7-12,15,17,19,23,27,37,41-42H,1,3,5,13-14,16,20-21,39-40H2,2,4,6H3,(H,43,46);1-2H3;1-2H2;1-2H/b34-15-;;;. The van der Waals surface area contributed by atoms with Crippen molar-refractivity contribution < 1.29 is 4.79 Å². The Labute approximate surface area is 311 Å². The van der Waals surface area contributed by atoms with Crippen LogP contribution in [0.25, 0.3) is 5.57 Å². The molecule has 52 heavy (non-hydrogen) atoms. The Morgan fingerprint density at radius 2 is 1.79 bits per heavy atom. The second kappa shape index (κ2) is 20.1. The lowest BCUT2D eigenvalue weighted by Crippen LogP contribution is -2.47. The zero-order valence-electron chi connectivity index (χ0n) is 31.6. The average Bonchev–Trinajstić information content (AvgIpc) is 3.52. The molecule has 0 fully saturated rings. The van der Waals surface area contributed by atoms with E-state index in [0.29, 0.717) is 35.0 Å². The summed E-state index contributed by atoms with van der Waals surface area (Å²) in [7, 11) is 0. The molecule has 7 N–H and O–H groups in total. The van der Waals surface area contributed by atoms with E-state index in [0.717, 1.165) is 54.0 Å². The maximum absolute atomic E-state index is 13.7. The molecule has 2 aromatic carbocycles. The van der Waals surface area contributed by atoms with E-state index in [4.69, 9.17) is 16.7 Å². The number of carbonyl (C=O) groups is 1. The molecule has 0 saturated heterocycles. The summed E-state index contributed by atoms with van der Waals surface area (Å²) < 4.78 is 0. The van der Waals surface area contributed by atoms with Crippen LogP contribution in [0.2, 0.25) is 0 Å². The van der Waals surface area contributed by atoms with E-state index in [9.17, 15) is 4.79 Å². The van der Waals surface area contributed by atoms with E-state index in [-0.39, 0.29) is 11.9 Å². The number of terminal acetylenes is 1. The molecule has 0 saturated carbocycles. The van der Waals surface area contributed by atoms with Gasteiger partial charge >= 0.3 is 0 Å². The number of nitrogens with two attached hydrogens (primary N) is 2. The van der Waals surface area contributed by atoms with Crippen LogP contribution in [0.5, 0.6) is 0 Å². The number of nitrogens with zero attached hydrogens (tertiary/aromatic N) is 3. The van der Waals surface area contributed by atoms with Crippen molar-refractivity contribution in [1.29, 1.82) is 5.26 Å². The lowest BCUT2D eigenvalue weighted by Gasteiger charge is -2.40. The molecule has 0 aromatic heterocycles. The van der Waals surface area contributed by atoms with E-state index in [2.05, 4.69) is 97.8 Å². The lowest BCUT2D eigenvalue weighted by atomic mass is 9.86. The molecule has 274 valence electrons. The van der Waals surface area contributed by atoms with Gasteiger partial charge in [0.2, 0.25) is 0 Å². The minimum Gasteiger partial charge on any atom is -0.400 e. The molecule has 3 atom stereocenters. The molecule has 2 aromatic rings. The van der Waals surface area contributed by atoms with E-state index < -0.39 is 6.29 Å². The van der Waals surface area contributed by atoms with Crippen LogP contribution in [0.15, 0.2) is 122 Å². The average molecular weight is 701 g/mol. The number of hydrogen-bond acceptors (Lipinski definition) is 8. The molecule has 0 bridgehead atoms. The summed E-state index contributed by atoms with van der Waals surface area (Å²) in [6.07, 6.45) is 12.9. The fraction of sp³-hybridized carbons (Fsp3) is 0.302. The molecule has 0 spiro atoms. The first-order chi connectivity index (χ1) is 25.0. The van der Waals surface area contributed by atoms with Crippen LogP contribution in [-0.4, -0.2) is 28.5 Å². The van der Waals surface area contributed by atoms with Crippen molar-refractivity contribution in [2.45, 2.75) is 72.9 Å². The predicted molar refractivity (Wildman–Crippen MR) is 216 cm³/mol. The third kappa shape index (κ3) is 10.1. The van der Waals surface area contributed by atoms with Crippen molar-refractivity contribution >= 4 is 11.5 Å². The Morgan fingerprint density at radius 1 is 1.13 bits per heavy atom. The van der Waals surface area contributed by atoms with Gasteiger partial charge in [0.1, 0.15) is 5.70 Å². The highest BCUT2D eigenvalue weighted by atomic mass is 16.2. The van der Waals surface area contributed by atoms with Crippen molar-refractivity contribution in [3.8, 4) is 18.9 Å². The second-order valence-electron chi connectivity index (χ2n) is 12.3. The van der Waals surface area contributed by atoms with Gasteiger partial charge < -0.3 is 31.5 Å². The van der Waals surface area contributed by atoms with E-state index in [1.165, 1.54) is 16.8 Å². The van der Waals surface area contributed by atoms with Gasteiger partial charge in [-0.25, -0.2) is 0 Å². The maximum Gasteiger partial charge on any atom is 0.268 e. The highest BCUT2D eigenvalue weighted by Gasteiger charge is 2.30. The topological polar surface area (TPSA) is 135 Å². The minimum atomic E-state index is -0.609. The number of nitrogens with one attached hydrogen (secondary N) is 3. The number of amides is 1. The fourth-order valence-corrected chi connectivity index (χ4v) is 6.05. The smallest absolute Gasteiger partial charge is 0.268 e. The van der Waals surface area contributed by atoms with Gasteiger partial charge in [-0.15, -0.1) is 26.0 Å². The first-order valence-corrected chi connectivity index (χ1v) is 17.5. The second-order valence-corrected chi connectivity index (χ2v) is 12.3. The maximum atomic E-state index is 13.7. The number of hydrogen-bond donors (Lipinski definition) is 5. The van der Waals surface area contributed by atoms with Crippen molar-refractivity contribution in [2.24, 2.45) is 17.4 Å². The van der Waals surface area contributed by atoms with Gasteiger partial charge in [0.25, 0.3) is 5.91 Å². The van der Waals surface area contributed by atoms with Crippen molar-refractivity contribution in [3.63, 3.8) is 0 Å². The zero-order valence-corrected chi connectivity index (χ0v) is 31.6. The van der Waals surface area contributed by atoms with E-state index >= 15 is 0 Å². The first-order valence-electron chi connectivity index (χ1n) is 17.5. The highest BCUT2D eigenvalue weighted by molar-refractivity contribution is 5.94. The molecule has 2 heterocycles. The van der Waals surface area contributed by atoms with Gasteiger partial charge in [-0.05, 0) is 66.2 Å². The van der Waals surface area contributed by atoms with Gasteiger partial charge in [-0.3, -0.25) is 10.5 Å². The monoisotopic (exact) mass is 700 g/mol. The van der Waals surface area contributed by atoms with Gasteiger partial charge in [0, 0.05) is 54.5 Å². The summed E-state index contributed by atoms with van der Waals surface area (Å²) in [4.78, 5) is 17.9. The molecule has 9 heteroatoms. The molecule has 1 amide bonds. The Kier molecular flexibility index (Phi) is 16.3. The van der Waals surface area contributed by atoms with Gasteiger partial charge in [0.05, 0.1) is 17.7 Å². The van der Waals surface area contributed by atoms with Gasteiger partial charge in [-0.2, -0.15) is 5.26 Å². The summed E-state index contributed by atoms with van der Waals surface area (Å²) in [6, 6.07) is 15.8. The van der Waals surface area contributed by atoms with Crippen molar-refractivity contribution in [2.75, 3.05) is 6.54 Å². The number of nitriles is 1. The first kappa shape index (κ1) is 42.3. The summed E-state index contributed by atoms with van der Waals surface area (Å²) in [6.45, 7) is 30.6. The summed E-state index contributed by atoms with van der Waals surface area (Å²) >= 11 is 0. The van der Waals surface area contributed by atoms with Crippen LogP contribution in [0.1, 0.15) is 74.9 Å². The third-order valence-electron chi connectivity index (χ3n) is 9.09. The highest BCUT2D eigenvalue weighted by Crippen LogP contribution is 2.36. The fourth-order valence-electron chi connectivity index (χ4n) is 6.05. The van der Waals surface area contributed by atoms with E-state index in [1.807, 2.05) is 52.0 Å².